The first-order valence-electron chi connectivity index (χ1n) is 14.9. The number of amides is 3. The number of hydrogen-bond acceptors (Lipinski definition) is 7. The molecule has 0 bridgehead atoms. The second-order valence-corrected chi connectivity index (χ2v) is 12.5. The molecule has 1 aliphatic heterocycles. The summed E-state index contributed by atoms with van der Waals surface area (Å²) in [5.41, 5.74) is 10.6. The molecule has 240 valence electrons. The van der Waals surface area contributed by atoms with Gasteiger partial charge in [-0.25, -0.2) is 4.98 Å². The first kappa shape index (κ1) is 33.3. The maximum Gasteiger partial charge on any atom is 0.261 e. The van der Waals surface area contributed by atoms with Crippen LogP contribution >= 0.6 is 27.5 Å². The normalized spacial score (nSPS) is 13.6. The molecular weight excluding hydrogens is 676 g/mol. The maximum absolute atomic E-state index is 13.2. The number of aromatic nitrogens is 2. The molecule has 1 aromatic heterocycles. The van der Waals surface area contributed by atoms with E-state index < -0.39 is 18.1 Å². The topological polar surface area (TPSA) is 160 Å². The lowest BCUT2D eigenvalue weighted by molar-refractivity contribution is -0.136. The minimum atomic E-state index is -1.11. The van der Waals surface area contributed by atoms with E-state index in [0.717, 1.165) is 22.3 Å². The van der Waals surface area contributed by atoms with Crippen LogP contribution in [0.1, 0.15) is 41.3 Å². The molecule has 46 heavy (non-hydrogen) atoms. The lowest BCUT2D eigenvalue weighted by Crippen LogP contribution is -2.49. The van der Waals surface area contributed by atoms with Gasteiger partial charge in [-0.1, -0.05) is 35.9 Å². The number of nitrogens with one attached hydrogen (secondary N) is 2. The van der Waals surface area contributed by atoms with Crippen LogP contribution in [0.2, 0.25) is 5.02 Å². The Labute approximate surface area is 278 Å². The number of carbonyl (C=O) groups excluding carboxylic acids is 3. The fraction of sp³-hybridized carbons (Fsp3) is 0.303. The molecule has 0 saturated carbocycles. The Morgan fingerprint density at radius 2 is 1.96 bits per heavy atom. The Morgan fingerprint density at radius 1 is 1.17 bits per heavy atom. The van der Waals surface area contributed by atoms with Crippen LogP contribution in [0.15, 0.2) is 70.2 Å². The molecule has 1 aliphatic rings. The molecule has 0 spiro atoms. The van der Waals surface area contributed by atoms with Gasteiger partial charge in [0, 0.05) is 49.2 Å². The monoisotopic (exact) mass is 708 g/mol. The molecule has 2 atom stereocenters. The van der Waals surface area contributed by atoms with Crippen LogP contribution in [-0.2, 0) is 29.2 Å². The van der Waals surface area contributed by atoms with Crippen molar-refractivity contribution in [3.8, 4) is 11.1 Å². The molecule has 4 aromatic rings. The molecule has 3 aromatic carbocycles. The molecule has 5 rings (SSSR count). The van der Waals surface area contributed by atoms with E-state index in [4.69, 9.17) is 17.3 Å². The van der Waals surface area contributed by atoms with Gasteiger partial charge in [-0.2, -0.15) is 0 Å². The van der Waals surface area contributed by atoms with Gasteiger partial charge >= 0.3 is 0 Å². The van der Waals surface area contributed by atoms with Crippen LogP contribution in [0.25, 0.3) is 22.0 Å². The highest BCUT2D eigenvalue weighted by atomic mass is 79.9. The van der Waals surface area contributed by atoms with Crippen LogP contribution in [0.5, 0.6) is 0 Å². The molecule has 0 unspecified atom stereocenters. The van der Waals surface area contributed by atoms with Gasteiger partial charge in [-0.15, -0.1) is 0 Å². The van der Waals surface area contributed by atoms with Gasteiger partial charge in [-0.05, 0) is 81.9 Å². The average molecular weight is 710 g/mol. The highest BCUT2D eigenvalue weighted by molar-refractivity contribution is 9.10. The van der Waals surface area contributed by atoms with Gasteiger partial charge in [0.1, 0.15) is 6.04 Å². The number of halogens is 2. The predicted octanol–water partition coefficient (Wildman–Crippen LogP) is 3.36. The molecular formula is C33H34BrClN6O5. The lowest BCUT2D eigenvalue weighted by atomic mass is 9.98. The highest BCUT2D eigenvalue weighted by Gasteiger charge is 2.25. The van der Waals surface area contributed by atoms with Crippen LogP contribution < -0.4 is 21.9 Å². The molecule has 5 N–H and O–H groups in total. The van der Waals surface area contributed by atoms with Crippen molar-refractivity contribution in [2.75, 3.05) is 13.1 Å². The number of nitrogens with zero attached hydrogens (tertiary/aromatic N) is 3. The van der Waals surface area contributed by atoms with Crippen LogP contribution in [-0.4, -0.2) is 62.5 Å². The van der Waals surface area contributed by atoms with E-state index in [2.05, 4.69) is 31.5 Å². The van der Waals surface area contributed by atoms with Gasteiger partial charge in [0.05, 0.1) is 28.4 Å². The number of nitrogens with two attached hydrogens (primary N) is 1. The van der Waals surface area contributed by atoms with E-state index in [1.807, 2.05) is 42.5 Å². The van der Waals surface area contributed by atoms with Crippen molar-refractivity contribution in [2.45, 2.75) is 51.5 Å². The molecule has 0 aliphatic carbocycles. The average Bonchev–Trinajstić information content (AvgIpc) is 3.41. The number of rotatable bonds is 12. The van der Waals surface area contributed by atoms with Crippen molar-refractivity contribution in [1.29, 1.82) is 0 Å². The zero-order valence-electron chi connectivity index (χ0n) is 25.1. The van der Waals surface area contributed by atoms with Gasteiger partial charge in [-0.3, -0.25) is 23.7 Å². The summed E-state index contributed by atoms with van der Waals surface area (Å²) < 4.78 is 2.06. The van der Waals surface area contributed by atoms with E-state index >= 15 is 0 Å². The molecule has 13 heteroatoms. The summed E-state index contributed by atoms with van der Waals surface area (Å²) in [5, 5.41) is 16.4. The van der Waals surface area contributed by atoms with Crippen molar-refractivity contribution < 1.29 is 19.5 Å². The second-order valence-electron chi connectivity index (χ2n) is 11.3. The zero-order valence-corrected chi connectivity index (χ0v) is 27.5. The Hall–Kier alpha value is -4.10. The van der Waals surface area contributed by atoms with Crippen LogP contribution in [0.3, 0.4) is 0 Å². The zero-order chi connectivity index (χ0) is 33.0. The van der Waals surface area contributed by atoms with Crippen molar-refractivity contribution in [1.82, 2.24) is 25.1 Å². The lowest BCUT2D eigenvalue weighted by Gasteiger charge is -2.27. The van der Waals surface area contributed by atoms with Crippen molar-refractivity contribution in [3.05, 3.63) is 97.5 Å². The Balaban J connectivity index is 1.19. The number of aliphatic hydroxyl groups excluding tert-OH is 1. The first-order valence-corrected chi connectivity index (χ1v) is 16.0. The van der Waals surface area contributed by atoms with Crippen molar-refractivity contribution in [2.24, 2.45) is 5.73 Å². The van der Waals surface area contributed by atoms with E-state index in [0.29, 0.717) is 38.9 Å². The molecule has 3 amide bonds. The third-order valence-corrected chi connectivity index (χ3v) is 9.11. The minimum Gasteiger partial charge on any atom is -0.391 e. The summed E-state index contributed by atoms with van der Waals surface area (Å²) in [7, 11) is 0. The summed E-state index contributed by atoms with van der Waals surface area (Å²) >= 11 is 9.47. The SMILES string of the molecule is C[C@@H](O)[C@H](N)C(=O)N(CCCC(=O)NCCn1cnc2cc(Br)c(Cl)cc2c1=O)Cc1cccc(-c2ccc3c(c2)CNC3=O)c1. The summed E-state index contributed by atoms with van der Waals surface area (Å²) in [6, 6.07) is 15.6. The largest absolute Gasteiger partial charge is 0.391 e. The summed E-state index contributed by atoms with van der Waals surface area (Å²) in [4.78, 5) is 56.5. The van der Waals surface area contributed by atoms with E-state index in [1.165, 1.54) is 17.8 Å². The first-order chi connectivity index (χ1) is 22.0. The highest BCUT2D eigenvalue weighted by Crippen LogP contribution is 2.27. The van der Waals surface area contributed by atoms with Gasteiger partial charge in [0.25, 0.3) is 11.5 Å². The molecule has 11 nitrogen and oxygen atoms in total. The molecule has 2 heterocycles. The Bertz CT molecular complexity index is 1860. The number of fused-ring (bicyclic) bond motifs is 2. The number of carbonyl (C=O) groups is 3. The quantitative estimate of drug-likeness (QED) is 0.176. The standard InChI is InChI=1S/C33H34BrClN6O5/c1-19(42)30(36)33(46)40(17-20-4-2-5-21(12-20)22-7-8-24-23(13-22)16-38-31(24)44)10-3-6-29(43)37-9-11-41-18-39-28-15-26(34)27(35)14-25(28)32(41)45/h2,4-5,7-8,12-15,18-19,30,42H,3,6,9-11,16-17,36H2,1H3,(H,37,43)(H,38,44)/t19-,30+/m1/s1. The predicted molar refractivity (Wildman–Crippen MR) is 179 cm³/mol. The summed E-state index contributed by atoms with van der Waals surface area (Å²) in [5.74, 6) is -0.726. The fourth-order valence-electron chi connectivity index (χ4n) is 5.31. The smallest absolute Gasteiger partial charge is 0.261 e. The third kappa shape index (κ3) is 7.64. The molecule has 0 radical (unpaired) electrons. The molecule has 0 fully saturated rings. The second kappa shape index (κ2) is 14.5. The Morgan fingerprint density at radius 3 is 2.74 bits per heavy atom. The van der Waals surface area contributed by atoms with Gasteiger partial charge in [0.2, 0.25) is 11.8 Å². The maximum atomic E-state index is 13.2. The van der Waals surface area contributed by atoms with Crippen molar-refractivity contribution in [3.63, 3.8) is 0 Å². The number of hydrogen-bond donors (Lipinski definition) is 4. The molecule has 0 saturated heterocycles. The third-order valence-electron chi connectivity index (χ3n) is 7.91. The van der Waals surface area contributed by atoms with Crippen LogP contribution in [0, 0.1) is 0 Å². The number of aliphatic hydroxyl groups is 1. The fourth-order valence-corrected chi connectivity index (χ4v) is 5.81. The van der Waals surface area contributed by atoms with Crippen molar-refractivity contribution >= 4 is 56.2 Å². The minimum absolute atomic E-state index is 0.0790. The van der Waals surface area contributed by atoms with E-state index in [-0.39, 0.29) is 50.0 Å². The summed E-state index contributed by atoms with van der Waals surface area (Å²) in [6.07, 6.45) is 0.895. The van der Waals surface area contributed by atoms with E-state index in [1.54, 1.807) is 17.0 Å². The Kier molecular flexibility index (Phi) is 10.5. The van der Waals surface area contributed by atoms with Gasteiger partial charge in [0.15, 0.2) is 0 Å². The van der Waals surface area contributed by atoms with E-state index in [9.17, 15) is 24.3 Å². The van der Waals surface area contributed by atoms with Crippen LogP contribution in [0.4, 0.5) is 0 Å². The summed E-state index contributed by atoms with van der Waals surface area (Å²) in [6.45, 7) is 2.87. The van der Waals surface area contributed by atoms with Gasteiger partial charge < -0.3 is 26.4 Å². The number of benzene rings is 3.